The maximum Gasteiger partial charge on any atom is 0.0441 e. The first-order valence-electron chi connectivity index (χ1n) is 5.24. The fourth-order valence-corrected chi connectivity index (χ4v) is 4.21. The lowest BCUT2D eigenvalue weighted by Gasteiger charge is -2.15. The van der Waals surface area contributed by atoms with Gasteiger partial charge in [0, 0.05) is 19.7 Å². The van der Waals surface area contributed by atoms with E-state index >= 15 is 0 Å². The maximum absolute atomic E-state index is 6.25. The first-order valence-corrected chi connectivity index (χ1v) is 8.42. The number of benzene rings is 1. The number of alkyl halides is 1. The summed E-state index contributed by atoms with van der Waals surface area (Å²) in [6, 6.07) is 10.2. The monoisotopic (exact) mass is 392 g/mol. The summed E-state index contributed by atoms with van der Waals surface area (Å²) in [5, 5.41) is 3.88. The zero-order valence-corrected chi connectivity index (χ0v) is 13.7. The lowest BCUT2D eigenvalue weighted by molar-refractivity contribution is 0.784. The lowest BCUT2D eigenvalue weighted by atomic mass is 9.97. The van der Waals surface area contributed by atoms with Crippen LogP contribution in [0.4, 0.5) is 0 Å². The van der Waals surface area contributed by atoms with E-state index in [-0.39, 0.29) is 0 Å². The molecule has 0 amide bonds. The normalized spacial score (nSPS) is 12.6. The van der Waals surface area contributed by atoms with Crippen molar-refractivity contribution in [3.63, 3.8) is 0 Å². The minimum absolute atomic E-state index is 0.415. The van der Waals surface area contributed by atoms with Gasteiger partial charge in [0.05, 0.1) is 0 Å². The topological polar surface area (TPSA) is 0 Å². The van der Waals surface area contributed by atoms with Crippen molar-refractivity contribution in [3.8, 4) is 0 Å². The van der Waals surface area contributed by atoms with E-state index in [4.69, 9.17) is 11.6 Å². The second kappa shape index (κ2) is 6.37. The van der Waals surface area contributed by atoms with Gasteiger partial charge in [-0.15, -0.1) is 11.3 Å². The van der Waals surface area contributed by atoms with E-state index in [2.05, 4.69) is 49.4 Å². The van der Waals surface area contributed by atoms with Crippen molar-refractivity contribution >= 4 is 54.8 Å². The molecule has 1 aromatic heterocycles. The van der Waals surface area contributed by atoms with Crippen molar-refractivity contribution in [3.05, 3.63) is 55.6 Å². The average molecular weight is 395 g/mol. The number of hydrogen-bond acceptors (Lipinski definition) is 1. The molecule has 0 aliphatic rings. The molecule has 17 heavy (non-hydrogen) atoms. The molecule has 0 bridgehead atoms. The van der Waals surface area contributed by atoms with Crippen LogP contribution in [0.3, 0.4) is 0 Å². The van der Waals surface area contributed by atoms with Crippen LogP contribution in [-0.4, -0.2) is 5.33 Å². The van der Waals surface area contributed by atoms with Gasteiger partial charge in [-0.3, -0.25) is 0 Å². The van der Waals surface area contributed by atoms with Crippen LogP contribution in [0.2, 0.25) is 5.02 Å². The Hall–Kier alpha value is 0.170. The van der Waals surface area contributed by atoms with Crippen LogP contribution in [0.15, 0.2) is 40.2 Å². The van der Waals surface area contributed by atoms with Gasteiger partial charge in [0.25, 0.3) is 0 Å². The minimum Gasteiger partial charge on any atom is -0.148 e. The number of rotatable bonds is 4. The molecule has 90 valence electrons. The molecule has 1 aromatic carbocycles. The Kier molecular flexibility index (Phi) is 5.10. The van der Waals surface area contributed by atoms with E-state index < -0.39 is 0 Å². The van der Waals surface area contributed by atoms with Crippen molar-refractivity contribution in [2.45, 2.75) is 12.3 Å². The van der Waals surface area contributed by atoms with Crippen LogP contribution < -0.4 is 0 Å². The Balaban J connectivity index is 2.23. The van der Waals surface area contributed by atoms with Gasteiger partial charge in [0.15, 0.2) is 0 Å². The van der Waals surface area contributed by atoms with Gasteiger partial charge in [-0.1, -0.05) is 45.7 Å². The van der Waals surface area contributed by atoms with Gasteiger partial charge in [0.2, 0.25) is 0 Å². The largest absolute Gasteiger partial charge is 0.148 e. The van der Waals surface area contributed by atoms with Gasteiger partial charge < -0.3 is 0 Å². The van der Waals surface area contributed by atoms with Crippen LogP contribution in [0, 0.1) is 0 Å². The third-order valence-electron chi connectivity index (χ3n) is 2.65. The summed E-state index contributed by atoms with van der Waals surface area (Å²) >= 11 is 15.2. The van der Waals surface area contributed by atoms with Crippen LogP contribution in [0.1, 0.15) is 16.4 Å². The van der Waals surface area contributed by atoms with Crippen LogP contribution in [0.5, 0.6) is 0 Å². The first kappa shape index (κ1) is 13.6. The highest BCUT2D eigenvalue weighted by Gasteiger charge is 2.16. The molecule has 1 atom stereocenters. The van der Waals surface area contributed by atoms with Gasteiger partial charge in [-0.25, -0.2) is 0 Å². The highest BCUT2D eigenvalue weighted by Crippen LogP contribution is 2.33. The molecule has 0 aliphatic carbocycles. The van der Waals surface area contributed by atoms with Crippen LogP contribution >= 0.6 is 54.8 Å². The number of thiophene rings is 1. The number of halogens is 3. The third-order valence-corrected chi connectivity index (χ3v) is 5.73. The fourth-order valence-electron chi connectivity index (χ4n) is 1.75. The molecule has 0 saturated heterocycles. The molecule has 0 nitrogen and oxygen atoms in total. The van der Waals surface area contributed by atoms with E-state index in [1.54, 1.807) is 11.3 Å². The van der Waals surface area contributed by atoms with Crippen molar-refractivity contribution < 1.29 is 0 Å². The van der Waals surface area contributed by atoms with Gasteiger partial charge >= 0.3 is 0 Å². The fraction of sp³-hybridized carbons (Fsp3) is 0.231. The Morgan fingerprint density at radius 1 is 1.24 bits per heavy atom. The molecule has 1 unspecified atom stereocenters. The molecule has 0 N–H and O–H groups in total. The van der Waals surface area contributed by atoms with Crippen molar-refractivity contribution in [2.75, 3.05) is 5.33 Å². The molecule has 0 aliphatic heterocycles. The highest BCUT2D eigenvalue weighted by molar-refractivity contribution is 9.10. The molecule has 2 aromatic rings. The summed E-state index contributed by atoms with van der Waals surface area (Å²) in [5.41, 5.74) is 1.21. The summed E-state index contributed by atoms with van der Waals surface area (Å²) in [6.07, 6.45) is 1.01. The molecule has 0 spiro atoms. The predicted octanol–water partition coefficient (Wildman–Crippen LogP) is 5.89. The van der Waals surface area contributed by atoms with Crippen molar-refractivity contribution in [1.82, 2.24) is 0 Å². The summed E-state index contributed by atoms with van der Waals surface area (Å²) < 4.78 is 1.19. The molecule has 1 heterocycles. The highest BCUT2D eigenvalue weighted by atomic mass is 79.9. The van der Waals surface area contributed by atoms with Gasteiger partial charge in [0.1, 0.15) is 0 Å². The molecule has 4 heteroatoms. The smallest absolute Gasteiger partial charge is 0.0441 e. The Morgan fingerprint density at radius 2 is 2.00 bits per heavy atom. The standard InChI is InChI=1S/C13H11Br2ClS/c14-8-9(7-13-11(15)5-6-17-13)10-3-1-2-4-12(10)16/h1-6,9H,7-8H2. The molecular formula is C13H11Br2ClS. The predicted molar refractivity (Wildman–Crippen MR) is 83.7 cm³/mol. The molecule has 0 fully saturated rings. The molecule has 0 saturated carbocycles. The first-order chi connectivity index (χ1) is 8.22. The third kappa shape index (κ3) is 3.34. The summed E-state index contributed by atoms with van der Waals surface area (Å²) in [6.45, 7) is 0. The summed E-state index contributed by atoms with van der Waals surface area (Å²) in [4.78, 5) is 1.37. The van der Waals surface area contributed by atoms with Crippen LogP contribution in [0.25, 0.3) is 0 Å². The van der Waals surface area contributed by atoms with E-state index in [0.717, 1.165) is 16.8 Å². The summed E-state index contributed by atoms with van der Waals surface area (Å²) in [5.74, 6) is 0.415. The van der Waals surface area contributed by atoms with E-state index in [0.29, 0.717) is 5.92 Å². The Bertz CT molecular complexity index is 496. The quantitative estimate of drug-likeness (QED) is 0.568. The van der Waals surface area contributed by atoms with Gasteiger partial charge in [-0.05, 0) is 51.3 Å². The second-order valence-corrected chi connectivity index (χ2v) is 6.68. The van der Waals surface area contributed by atoms with Crippen LogP contribution in [-0.2, 0) is 6.42 Å². The zero-order chi connectivity index (χ0) is 12.3. The van der Waals surface area contributed by atoms with E-state index in [1.165, 1.54) is 14.9 Å². The number of hydrogen-bond donors (Lipinski definition) is 0. The zero-order valence-electron chi connectivity index (χ0n) is 9.00. The van der Waals surface area contributed by atoms with E-state index in [1.807, 2.05) is 18.2 Å². The average Bonchev–Trinajstić information content (AvgIpc) is 2.73. The van der Waals surface area contributed by atoms with Gasteiger partial charge in [-0.2, -0.15) is 0 Å². The van der Waals surface area contributed by atoms with Crippen molar-refractivity contribution in [1.29, 1.82) is 0 Å². The molecule has 0 radical (unpaired) electrons. The molecular weight excluding hydrogens is 383 g/mol. The Labute approximate surface area is 127 Å². The molecule has 2 rings (SSSR count). The minimum atomic E-state index is 0.415. The summed E-state index contributed by atoms with van der Waals surface area (Å²) in [7, 11) is 0. The SMILES string of the molecule is Clc1ccccc1C(CBr)Cc1sccc1Br. The van der Waals surface area contributed by atoms with E-state index in [9.17, 15) is 0 Å². The lowest BCUT2D eigenvalue weighted by Crippen LogP contribution is -2.04. The Morgan fingerprint density at radius 3 is 2.59 bits per heavy atom. The maximum atomic E-state index is 6.25. The second-order valence-electron chi connectivity index (χ2n) is 3.77. The van der Waals surface area contributed by atoms with Crippen molar-refractivity contribution in [2.24, 2.45) is 0 Å².